The summed E-state index contributed by atoms with van der Waals surface area (Å²) in [5.41, 5.74) is 2.51. The Hall–Kier alpha value is -3.26. The van der Waals surface area contributed by atoms with E-state index in [4.69, 9.17) is 4.74 Å². The lowest BCUT2D eigenvalue weighted by molar-refractivity contribution is -0.128. The molecule has 2 aliphatic rings. The van der Waals surface area contributed by atoms with E-state index in [0.29, 0.717) is 12.1 Å². The summed E-state index contributed by atoms with van der Waals surface area (Å²) in [7, 11) is 1.43. The number of anilines is 1. The van der Waals surface area contributed by atoms with Crippen molar-refractivity contribution in [2.45, 2.75) is 6.42 Å². The number of hydrogen-bond donors (Lipinski definition) is 1. The highest BCUT2D eigenvalue weighted by Gasteiger charge is 2.38. The van der Waals surface area contributed by atoms with Crippen LogP contribution >= 0.6 is 11.8 Å². The van der Waals surface area contributed by atoms with E-state index in [1.165, 1.54) is 13.2 Å². The molecule has 0 aromatic heterocycles. The number of amides is 3. The van der Waals surface area contributed by atoms with Gasteiger partial charge in [-0.05, 0) is 53.6 Å². The van der Waals surface area contributed by atoms with Gasteiger partial charge in [0, 0.05) is 12.2 Å². The number of thioether (sulfide) groups is 1. The molecule has 4 rings (SSSR count). The Kier molecular flexibility index (Phi) is 5.02. The summed E-state index contributed by atoms with van der Waals surface area (Å²) in [6, 6.07) is 12.2. The summed E-state index contributed by atoms with van der Waals surface area (Å²) in [4.78, 5) is 40.6. The second kappa shape index (κ2) is 7.63. The van der Waals surface area contributed by atoms with Gasteiger partial charge in [0.2, 0.25) is 5.91 Å². The summed E-state index contributed by atoms with van der Waals surface area (Å²) >= 11 is 0.789. The van der Waals surface area contributed by atoms with E-state index >= 15 is 0 Å². The van der Waals surface area contributed by atoms with Gasteiger partial charge in [0.15, 0.2) is 11.5 Å². The molecule has 148 valence electrons. The molecule has 2 aromatic rings. The highest BCUT2D eigenvalue weighted by molar-refractivity contribution is 8.18. The number of imide groups is 1. The van der Waals surface area contributed by atoms with Gasteiger partial charge >= 0.3 is 0 Å². The van der Waals surface area contributed by atoms with Crippen LogP contribution in [0.15, 0.2) is 47.4 Å². The molecule has 2 heterocycles. The molecule has 0 aliphatic carbocycles. The molecular weight excluding hydrogens is 392 g/mol. The summed E-state index contributed by atoms with van der Waals surface area (Å²) < 4.78 is 5.06. The van der Waals surface area contributed by atoms with E-state index in [2.05, 4.69) is 0 Å². The zero-order valence-corrected chi connectivity index (χ0v) is 16.4. The molecule has 1 fully saturated rings. The van der Waals surface area contributed by atoms with Crippen LogP contribution in [-0.2, 0) is 16.0 Å². The van der Waals surface area contributed by atoms with E-state index < -0.39 is 11.1 Å². The van der Waals surface area contributed by atoms with Crippen molar-refractivity contribution < 1.29 is 24.2 Å². The van der Waals surface area contributed by atoms with E-state index in [-0.39, 0.29) is 28.9 Å². The lowest BCUT2D eigenvalue weighted by atomic mass is 10.2. The third kappa shape index (κ3) is 3.58. The van der Waals surface area contributed by atoms with Crippen LogP contribution in [0, 0.1) is 0 Å². The lowest BCUT2D eigenvalue weighted by Crippen LogP contribution is -2.41. The first-order valence-electron chi connectivity index (χ1n) is 8.98. The van der Waals surface area contributed by atoms with Gasteiger partial charge in [-0.15, -0.1) is 0 Å². The summed E-state index contributed by atoms with van der Waals surface area (Å²) in [5.74, 6) is -0.548. The zero-order chi connectivity index (χ0) is 20.5. The number of aromatic hydroxyl groups is 1. The van der Waals surface area contributed by atoms with Crippen molar-refractivity contribution in [1.82, 2.24) is 4.90 Å². The average molecular weight is 410 g/mol. The van der Waals surface area contributed by atoms with E-state index in [1.807, 2.05) is 24.3 Å². The quantitative estimate of drug-likeness (QED) is 0.780. The number of ether oxygens (including phenoxy) is 1. The molecule has 1 N–H and O–H groups in total. The fraction of sp³-hybridized carbons (Fsp3) is 0.190. The van der Waals surface area contributed by atoms with Gasteiger partial charge in [-0.3, -0.25) is 19.3 Å². The topological polar surface area (TPSA) is 87.2 Å². The van der Waals surface area contributed by atoms with Crippen LogP contribution in [0.4, 0.5) is 10.5 Å². The molecule has 29 heavy (non-hydrogen) atoms. The SMILES string of the molecule is COc1cc(C=C2SC(=O)N(CC(=O)N3CCc4ccccc43)C2=O)ccc1O. The molecular formula is C21H18N2O5S. The van der Waals surface area contributed by atoms with Gasteiger partial charge in [-0.2, -0.15) is 0 Å². The number of fused-ring (bicyclic) bond motifs is 1. The highest BCUT2D eigenvalue weighted by Crippen LogP contribution is 2.35. The van der Waals surface area contributed by atoms with Crippen LogP contribution < -0.4 is 9.64 Å². The van der Waals surface area contributed by atoms with Gasteiger partial charge in [0.1, 0.15) is 6.54 Å². The third-order valence-electron chi connectivity index (χ3n) is 4.86. The number of nitrogens with zero attached hydrogens (tertiary/aromatic N) is 2. The normalized spacial score (nSPS) is 17.2. The zero-order valence-electron chi connectivity index (χ0n) is 15.6. The number of benzene rings is 2. The molecule has 3 amide bonds. The average Bonchev–Trinajstić information content (AvgIpc) is 3.26. The Morgan fingerprint density at radius 2 is 2.03 bits per heavy atom. The lowest BCUT2D eigenvalue weighted by Gasteiger charge is -2.20. The molecule has 0 bridgehead atoms. The Labute approximate surface area is 171 Å². The molecule has 0 radical (unpaired) electrons. The molecule has 1 saturated heterocycles. The molecule has 0 unspecified atom stereocenters. The number of carbonyl (C=O) groups excluding carboxylic acids is 3. The number of phenols is 1. The maximum absolute atomic E-state index is 12.7. The van der Waals surface area contributed by atoms with E-state index in [9.17, 15) is 19.5 Å². The number of hydrogen-bond acceptors (Lipinski definition) is 6. The van der Waals surface area contributed by atoms with Crippen LogP contribution in [0.1, 0.15) is 11.1 Å². The maximum Gasteiger partial charge on any atom is 0.294 e. The number of carbonyl (C=O) groups is 3. The predicted molar refractivity (Wildman–Crippen MR) is 110 cm³/mol. The van der Waals surface area contributed by atoms with Crippen molar-refractivity contribution in [2.24, 2.45) is 0 Å². The highest BCUT2D eigenvalue weighted by atomic mass is 32.2. The predicted octanol–water partition coefficient (Wildman–Crippen LogP) is 3.03. The first-order chi connectivity index (χ1) is 14.0. The Morgan fingerprint density at radius 3 is 2.83 bits per heavy atom. The largest absolute Gasteiger partial charge is 0.504 e. The minimum absolute atomic E-state index is 0.0192. The Bertz CT molecular complexity index is 1050. The minimum atomic E-state index is -0.507. The fourth-order valence-electron chi connectivity index (χ4n) is 3.39. The first-order valence-corrected chi connectivity index (χ1v) is 9.80. The molecule has 8 heteroatoms. The Morgan fingerprint density at radius 1 is 1.24 bits per heavy atom. The van der Waals surface area contributed by atoms with Crippen molar-refractivity contribution in [1.29, 1.82) is 0 Å². The molecule has 2 aliphatic heterocycles. The van der Waals surface area contributed by atoms with Crippen LogP contribution in [0.3, 0.4) is 0 Å². The third-order valence-corrected chi connectivity index (χ3v) is 5.76. The van der Waals surface area contributed by atoms with Gasteiger partial charge in [0.25, 0.3) is 11.1 Å². The fourth-order valence-corrected chi connectivity index (χ4v) is 4.23. The van der Waals surface area contributed by atoms with Gasteiger partial charge in [0.05, 0.1) is 12.0 Å². The minimum Gasteiger partial charge on any atom is -0.504 e. The monoisotopic (exact) mass is 410 g/mol. The number of para-hydroxylation sites is 1. The van der Waals surface area contributed by atoms with E-state index in [0.717, 1.165) is 34.3 Å². The summed E-state index contributed by atoms with van der Waals surface area (Å²) in [5, 5.41) is 9.20. The second-order valence-electron chi connectivity index (χ2n) is 6.62. The first kappa shape index (κ1) is 19.1. The van der Waals surface area contributed by atoms with Crippen LogP contribution in [0.2, 0.25) is 0 Å². The van der Waals surface area contributed by atoms with Crippen LogP contribution in [0.25, 0.3) is 6.08 Å². The maximum atomic E-state index is 12.7. The molecule has 2 aromatic carbocycles. The van der Waals surface area contributed by atoms with Crippen molar-refractivity contribution >= 4 is 40.6 Å². The summed E-state index contributed by atoms with van der Waals surface area (Å²) in [6.07, 6.45) is 2.30. The van der Waals surface area contributed by atoms with Gasteiger partial charge in [-0.1, -0.05) is 24.3 Å². The number of methoxy groups -OCH3 is 1. The molecule has 7 nitrogen and oxygen atoms in total. The van der Waals surface area contributed by atoms with E-state index in [1.54, 1.807) is 23.1 Å². The molecule has 0 spiro atoms. The van der Waals surface area contributed by atoms with Crippen molar-refractivity contribution in [2.75, 3.05) is 25.1 Å². The van der Waals surface area contributed by atoms with Crippen molar-refractivity contribution in [3.05, 3.63) is 58.5 Å². The second-order valence-corrected chi connectivity index (χ2v) is 7.62. The van der Waals surface area contributed by atoms with Gasteiger partial charge in [-0.25, -0.2) is 0 Å². The van der Waals surface area contributed by atoms with Crippen molar-refractivity contribution in [3.8, 4) is 11.5 Å². The number of phenolic OH excluding ortho intramolecular Hbond substituents is 1. The summed E-state index contributed by atoms with van der Waals surface area (Å²) in [6.45, 7) is 0.243. The standard InChI is InChI=1S/C21H18N2O5S/c1-28-17-10-13(6-7-16(17)24)11-18-20(26)23(21(27)29-18)12-19(25)22-9-8-14-4-2-3-5-15(14)22/h2-7,10-11,24H,8-9,12H2,1H3. The number of rotatable bonds is 4. The van der Waals surface area contributed by atoms with Crippen LogP contribution in [-0.4, -0.2) is 47.3 Å². The molecule has 0 atom stereocenters. The van der Waals surface area contributed by atoms with Crippen molar-refractivity contribution in [3.63, 3.8) is 0 Å². The molecule has 0 saturated carbocycles. The Balaban J connectivity index is 1.51. The van der Waals surface area contributed by atoms with Crippen LogP contribution in [0.5, 0.6) is 11.5 Å². The van der Waals surface area contributed by atoms with Gasteiger partial charge < -0.3 is 14.7 Å². The smallest absolute Gasteiger partial charge is 0.294 e.